The number of unbranched alkanes of at least 4 members (excludes halogenated alkanes) is 1. The van der Waals surface area contributed by atoms with Crippen molar-refractivity contribution in [2.24, 2.45) is 5.41 Å². The lowest BCUT2D eigenvalue weighted by atomic mass is 9.81. The number of hydrogen-bond donors (Lipinski definition) is 0. The van der Waals surface area contributed by atoms with E-state index >= 15 is 0 Å². The summed E-state index contributed by atoms with van der Waals surface area (Å²) >= 11 is 0. The van der Waals surface area contributed by atoms with Crippen LogP contribution in [-0.2, 0) is 11.8 Å². The van der Waals surface area contributed by atoms with Crippen LogP contribution in [0.25, 0.3) is 17.0 Å². The highest BCUT2D eigenvalue weighted by molar-refractivity contribution is 6.03. The lowest BCUT2D eigenvalue weighted by molar-refractivity contribution is -0.437. The average Bonchev–Trinajstić information content (AvgIpc) is 3.78. The monoisotopic (exact) mass is 720 g/mol. The molecule has 3 heterocycles. The Hall–Kier alpha value is -4.77. The number of para-hydroxylation sites is 1. The first-order valence-corrected chi connectivity index (χ1v) is 20.4. The van der Waals surface area contributed by atoms with Gasteiger partial charge in [0, 0.05) is 53.0 Å². The van der Waals surface area contributed by atoms with Gasteiger partial charge in [-0.05, 0) is 87.7 Å². The zero-order chi connectivity index (χ0) is 38.5. The molecule has 3 aromatic rings. The Balaban J connectivity index is 1.47. The van der Waals surface area contributed by atoms with Crippen LogP contribution in [0.5, 0.6) is 0 Å². The van der Waals surface area contributed by atoms with E-state index in [0.29, 0.717) is 0 Å². The van der Waals surface area contributed by atoms with E-state index in [0.717, 1.165) is 68.6 Å². The van der Waals surface area contributed by atoms with Gasteiger partial charge in [-0.15, -0.1) is 5.10 Å². The first kappa shape index (κ1) is 38.9. The van der Waals surface area contributed by atoms with E-state index in [1.807, 2.05) is 6.08 Å². The molecule has 2 aliphatic heterocycles. The smallest absolute Gasteiger partial charge is 0.209 e. The third-order valence-corrected chi connectivity index (χ3v) is 11.7. The Bertz CT molecular complexity index is 2070. The molecule has 3 aliphatic rings. The normalized spacial score (nSPS) is 19.8. The van der Waals surface area contributed by atoms with Crippen LogP contribution < -0.4 is 0 Å². The number of nitrogens with zero attached hydrogens (tertiary/aromatic N) is 5. The highest BCUT2D eigenvalue weighted by Gasteiger charge is 2.44. The minimum absolute atomic E-state index is 0.0934. The van der Waals surface area contributed by atoms with Crippen LogP contribution in [0.2, 0.25) is 0 Å². The van der Waals surface area contributed by atoms with E-state index in [1.54, 1.807) is 0 Å². The van der Waals surface area contributed by atoms with Crippen molar-refractivity contribution in [1.82, 2.24) is 19.9 Å². The molecule has 0 radical (unpaired) electrons. The van der Waals surface area contributed by atoms with Gasteiger partial charge in [-0.25, -0.2) is 4.68 Å². The van der Waals surface area contributed by atoms with Gasteiger partial charge in [0.05, 0.1) is 17.3 Å². The van der Waals surface area contributed by atoms with Gasteiger partial charge in [-0.2, -0.15) is 4.58 Å². The minimum atomic E-state index is -0.136. The van der Waals surface area contributed by atoms with Crippen molar-refractivity contribution in [3.63, 3.8) is 0 Å². The molecule has 0 spiro atoms. The summed E-state index contributed by atoms with van der Waals surface area (Å²) in [6.45, 7) is 24.4. The fraction of sp³-hybridized carbons (Fsp3) is 0.408. The number of fused-ring (bicyclic) bond motifs is 1. The third-order valence-electron chi connectivity index (χ3n) is 11.7. The number of benzene rings is 2. The van der Waals surface area contributed by atoms with Crippen molar-refractivity contribution >= 4 is 17.1 Å². The molecule has 54 heavy (non-hydrogen) atoms. The second-order valence-corrected chi connectivity index (χ2v) is 16.2. The summed E-state index contributed by atoms with van der Waals surface area (Å²) in [4.78, 5) is 2.52. The van der Waals surface area contributed by atoms with Crippen LogP contribution >= 0.6 is 0 Å². The van der Waals surface area contributed by atoms with E-state index in [9.17, 15) is 0 Å². The molecule has 1 aliphatic carbocycles. The molecule has 0 saturated heterocycles. The van der Waals surface area contributed by atoms with Gasteiger partial charge >= 0.3 is 0 Å². The van der Waals surface area contributed by atoms with Crippen LogP contribution in [0, 0.1) is 5.41 Å². The molecule has 0 atom stereocenters. The van der Waals surface area contributed by atoms with Crippen molar-refractivity contribution in [1.29, 1.82) is 0 Å². The second kappa shape index (κ2) is 16.7. The molecule has 5 nitrogen and oxygen atoms in total. The van der Waals surface area contributed by atoms with Crippen molar-refractivity contribution in [3.05, 3.63) is 143 Å². The van der Waals surface area contributed by atoms with E-state index in [-0.39, 0.29) is 10.8 Å². The summed E-state index contributed by atoms with van der Waals surface area (Å²) in [5.74, 6) is 0. The molecule has 6 rings (SSSR count). The third kappa shape index (κ3) is 7.60. The fourth-order valence-electron chi connectivity index (χ4n) is 8.78. The number of allylic oxidation sites excluding steroid dienone is 12. The first-order valence-electron chi connectivity index (χ1n) is 20.4. The van der Waals surface area contributed by atoms with Crippen molar-refractivity contribution < 1.29 is 4.58 Å². The zero-order valence-corrected chi connectivity index (χ0v) is 34.3. The largest absolute Gasteiger partial charge is 0.348 e. The van der Waals surface area contributed by atoms with Gasteiger partial charge in [-0.3, -0.25) is 0 Å². The molecule has 0 N–H and O–H groups in total. The summed E-state index contributed by atoms with van der Waals surface area (Å²) < 4.78 is 4.59. The molecule has 0 bridgehead atoms. The first-order chi connectivity index (χ1) is 26.1. The summed E-state index contributed by atoms with van der Waals surface area (Å²) in [7, 11) is 0. The van der Waals surface area contributed by atoms with Crippen molar-refractivity contribution in [3.8, 4) is 11.3 Å². The number of rotatable bonds is 14. The number of aryl methyl sites for hydroxylation is 1. The predicted octanol–water partition coefficient (Wildman–Crippen LogP) is 12.3. The standard InChI is InChI=1S/C49H62N5/c1-10-14-19-37-25-27-38(28-26-37)43-35-54(51-50-43)47-39(29-31-45-48(6,7)41(22-15-11-2)36(5)52(45)33-12-3)20-18-21-40(47)30-32-46-49(8,9)42-23-16-17-24-44(42)53(46)34-13-4/h11,15-17,22-32,35H,2,10,12-14,18-21,33-34H2,1,3-9H3/q+1/b22-15-. The molecule has 0 saturated carbocycles. The molecule has 2 aromatic carbocycles. The molecule has 0 fully saturated rings. The highest BCUT2D eigenvalue weighted by Crippen LogP contribution is 2.48. The molecule has 0 unspecified atom stereocenters. The Morgan fingerprint density at radius 2 is 1.65 bits per heavy atom. The highest BCUT2D eigenvalue weighted by atomic mass is 15.4. The predicted molar refractivity (Wildman–Crippen MR) is 229 cm³/mol. The molecule has 0 amide bonds. The van der Waals surface area contributed by atoms with Crippen LogP contribution in [-0.4, -0.2) is 43.3 Å². The summed E-state index contributed by atoms with van der Waals surface area (Å²) in [6, 6.07) is 17.8. The summed E-state index contributed by atoms with van der Waals surface area (Å²) in [5.41, 5.74) is 15.0. The fourth-order valence-corrected chi connectivity index (χ4v) is 8.78. The minimum Gasteiger partial charge on any atom is -0.348 e. The molecule has 5 heteroatoms. The number of hydrogen-bond acceptors (Lipinski definition) is 3. The number of aromatic nitrogens is 3. The second-order valence-electron chi connectivity index (χ2n) is 16.2. The van der Waals surface area contributed by atoms with Crippen LogP contribution in [0.15, 0.2) is 132 Å². The molecule has 1 aromatic heterocycles. The maximum Gasteiger partial charge on any atom is 0.209 e. The molecule has 282 valence electrons. The maximum atomic E-state index is 4.84. The average molecular weight is 721 g/mol. The maximum absolute atomic E-state index is 4.84. The topological polar surface area (TPSA) is 37.0 Å². The van der Waals surface area contributed by atoms with Crippen LogP contribution in [0.1, 0.15) is 111 Å². The van der Waals surface area contributed by atoms with Gasteiger partial charge in [0.25, 0.3) is 0 Å². The van der Waals surface area contributed by atoms with Gasteiger partial charge in [0.2, 0.25) is 5.69 Å². The van der Waals surface area contributed by atoms with Crippen molar-refractivity contribution in [2.45, 2.75) is 112 Å². The Labute approximate surface area is 325 Å². The van der Waals surface area contributed by atoms with E-state index in [1.165, 1.54) is 63.5 Å². The quantitative estimate of drug-likeness (QED) is 0.123. The van der Waals surface area contributed by atoms with E-state index in [2.05, 4.69) is 167 Å². The van der Waals surface area contributed by atoms with Gasteiger partial charge in [-0.1, -0.05) is 126 Å². The van der Waals surface area contributed by atoms with Crippen molar-refractivity contribution in [2.75, 3.05) is 13.1 Å². The van der Waals surface area contributed by atoms with Gasteiger partial charge in [0.15, 0.2) is 5.71 Å². The van der Waals surface area contributed by atoms with Crippen LogP contribution in [0.3, 0.4) is 0 Å². The van der Waals surface area contributed by atoms with Crippen LogP contribution in [0.4, 0.5) is 5.69 Å². The summed E-state index contributed by atoms with van der Waals surface area (Å²) in [6.07, 6.45) is 26.6. The zero-order valence-electron chi connectivity index (χ0n) is 34.3. The Morgan fingerprint density at radius 1 is 0.870 bits per heavy atom. The SMILES string of the molecule is C=C/C=C\C1=C(C)N(CCC)/C(=C/C=C2\CCCC(/C=C/C3=[N+](CCC)c4ccccc4C3(C)C)=C2n2cc(-c3ccc(CCCC)cc3)nn2)C1(C)C. The lowest BCUT2D eigenvalue weighted by Gasteiger charge is -2.29. The Kier molecular flexibility index (Phi) is 12.1. The lowest BCUT2D eigenvalue weighted by Crippen LogP contribution is -2.28. The molecular formula is C49H62N5+. The summed E-state index contributed by atoms with van der Waals surface area (Å²) in [5, 5.41) is 9.60. The van der Waals surface area contributed by atoms with Gasteiger partial charge < -0.3 is 4.90 Å². The van der Waals surface area contributed by atoms with Gasteiger partial charge in [0.1, 0.15) is 12.2 Å². The Morgan fingerprint density at radius 3 is 2.37 bits per heavy atom. The van der Waals surface area contributed by atoms with E-state index in [4.69, 9.17) is 10.3 Å². The molecular weight excluding hydrogens is 659 g/mol. The van der Waals surface area contributed by atoms with E-state index < -0.39 is 0 Å².